The van der Waals surface area contributed by atoms with Crippen LogP contribution in [0.3, 0.4) is 0 Å². The van der Waals surface area contributed by atoms with Gasteiger partial charge >= 0.3 is 0 Å². The minimum absolute atomic E-state index is 0.224. The van der Waals surface area contributed by atoms with E-state index in [2.05, 4.69) is 17.1 Å². The van der Waals surface area contributed by atoms with Gasteiger partial charge in [-0.25, -0.2) is 0 Å². The van der Waals surface area contributed by atoms with E-state index in [1.54, 1.807) is 0 Å². The summed E-state index contributed by atoms with van der Waals surface area (Å²) < 4.78 is 11.3. The van der Waals surface area contributed by atoms with Crippen LogP contribution in [0.4, 0.5) is 0 Å². The molecule has 0 radical (unpaired) electrons. The van der Waals surface area contributed by atoms with Crippen LogP contribution in [0.2, 0.25) is 0 Å². The maximum atomic E-state index is 11.3. The molecule has 2 unspecified atom stereocenters. The molecular formula is C9H18N2O2S. The Morgan fingerprint density at radius 1 is 1.50 bits per heavy atom. The van der Waals surface area contributed by atoms with Gasteiger partial charge in [0, 0.05) is 54.0 Å². The van der Waals surface area contributed by atoms with Crippen molar-refractivity contribution in [2.24, 2.45) is 0 Å². The number of aliphatic hydroxyl groups is 1. The van der Waals surface area contributed by atoms with Gasteiger partial charge in [-0.1, -0.05) is 0 Å². The highest BCUT2D eigenvalue weighted by atomic mass is 32.2. The number of aliphatic hydroxyl groups excluding tert-OH is 1. The topological polar surface area (TPSA) is 52.6 Å². The Bertz CT molecular complexity index is 237. The second-order valence-electron chi connectivity index (χ2n) is 4.19. The molecule has 0 saturated carbocycles. The SMILES string of the molecule is CC1CS(=O)CCN1[C@@H]1CNC[C@H]1O. The molecule has 0 aliphatic carbocycles. The third-order valence-corrected chi connectivity index (χ3v) is 4.64. The highest BCUT2D eigenvalue weighted by Crippen LogP contribution is 2.17. The summed E-state index contributed by atoms with van der Waals surface area (Å²) in [6, 6.07) is 0.562. The van der Waals surface area contributed by atoms with E-state index in [9.17, 15) is 9.32 Å². The molecule has 14 heavy (non-hydrogen) atoms. The largest absolute Gasteiger partial charge is 0.390 e. The normalized spacial score (nSPS) is 45.6. The van der Waals surface area contributed by atoms with E-state index in [0.717, 1.165) is 24.6 Å². The van der Waals surface area contributed by atoms with Crippen molar-refractivity contribution >= 4 is 10.8 Å². The summed E-state index contributed by atoms with van der Waals surface area (Å²) in [5.74, 6) is 1.51. The van der Waals surface area contributed by atoms with E-state index in [-0.39, 0.29) is 12.1 Å². The molecule has 2 aliphatic rings. The number of hydrogen-bond donors (Lipinski definition) is 2. The molecule has 0 bridgehead atoms. The van der Waals surface area contributed by atoms with Gasteiger partial charge in [-0.05, 0) is 6.92 Å². The summed E-state index contributed by atoms with van der Waals surface area (Å²) in [7, 11) is -0.646. The first-order chi connectivity index (χ1) is 6.68. The molecule has 2 saturated heterocycles. The summed E-state index contributed by atoms with van der Waals surface area (Å²) in [6.45, 7) is 4.51. The molecule has 2 heterocycles. The van der Waals surface area contributed by atoms with Crippen LogP contribution in [-0.2, 0) is 10.8 Å². The number of nitrogens with one attached hydrogen (secondary N) is 1. The molecule has 2 rings (SSSR count). The summed E-state index contributed by atoms with van der Waals surface area (Å²) in [5.41, 5.74) is 0. The molecule has 4 nitrogen and oxygen atoms in total. The first kappa shape index (κ1) is 10.5. The molecule has 0 aromatic carbocycles. The Labute approximate surface area is 87.1 Å². The van der Waals surface area contributed by atoms with E-state index >= 15 is 0 Å². The number of nitrogens with zero attached hydrogens (tertiary/aromatic N) is 1. The molecule has 0 spiro atoms. The molecular weight excluding hydrogens is 200 g/mol. The molecule has 0 aromatic heterocycles. The van der Waals surface area contributed by atoms with Gasteiger partial charge in [0.25, 0.3) is 0 Å². The Morgan fingerprint density at radius 3 is 2.86 bits per heavy atom. The van der Waals surface area contributed by atoms with Crippen LogP contribution in [0, 0.1) is 0 Å². The minimum Gasteiger partial charge on any atom is -0.390 e. The highest BCUT2D eigenvalue weighted by Gasteiger charge is 2.35. The Balaban J connectivity index is 1.99. The number of rotatable bonds is 1. The van der Waals surface area contributed by atoms with Crippen LogP contribution in [0.1, 0.15) is 6.92 Å². The van der Waals surface area contributed by atoms with Crippen molar-refractivity contribution in [2.75, 3.05) is 31.1 Å². The fraction of sp³-hybridized carbons (Fsp3) is 1.00. The average Bonchev–Trinajstić information content (AvgIpc) is 2.52. The van der Waals surface area contributed by atoms with Crippen molar-refractivity contribution in [1.29, 1.82) is 0 Å². The van der Waals surface area contributed by atoms with E-state index < -0.39 is 10.8 Å². The van der Waals surface area contributed by atoms with Gasteiger partial charge in [0.15, 0.2) is 0 Å². The first-order valence-electron chi connectivity index (χ1n) is 5.18. The smallest absolute Gasteiger partial charge is 0.0831 e. The zero-order valence-electron chi connectivity index (χ0n) is 8.48. The van der Waals surface area contributed by atoms with Crippen molar-refractivity contribution in [3.63, 3.8) is 0 Å². The monoisotopic (exact) mass is 218 g/mol. The third kappa shape index (κ3) is 2.00. The molecule has 0 aromatic rings. The van der Waals surface area contributed by atoms with Gasteiger partial charge in [0.1, 0.15) is 0 Å². The second-order valence-corrected chi connectivity index (χ2v) is 5.81. The van der Waals surface area contributed by atoms with Crippen molar-refractivity contribution in [1.82, 2.24) is 10.2 Å². The molecule has 2 fully saturated rings. The first-order valence-corrected chi connectivity index (χ1v) is 6.67. The fourth-order valence-corrected chi connectivity index (χ4v) is 3.67. The highest BCUT2D eigenvalue weighted by molar-refractivity contribution is 7.85. The van der Waals surface area contributed by atoms with Crippen molar-refractivity contribution in [3.8, 4) is 0 Å². The summed E-state index contributed by atoms with van der Waals surface area (Å²) in [6.07, 6.45) is -0.260. The summed E-state index contributed by atoms with van der Waals surface area (Å²) in [4.78, 5) is 2.30. The van der Waals surface area contributed by atoms with Crippen LogP contribution >= 0.6 is 0 Å². The van der Waals surface area contributed by atoms with Crippen LogP contribution in [0.25, 0.3) is 0 Å². The molecule has 0 amide bonds. The quantitative estimate of drug-likeness (QED) is 0.579. The van der Waals surface area contributed by atoms with Crippen molar-refractivity contribution in [3.05, 3.63) is 0 Å². The van der Waals surface area contributed by atoms with Gasteiger partial charge in [-0.3, -0.25) is 9.11 Å². The lowest BCUT2D eigenvalue weighted by Crippen LogP contribution is -2.54. The lowest BCUT2D eigenvalue weighted by atomic mass is 10.1. The number of β-amino-alcohol motifs (C(OH)–C–C–N with tert-alkyl or cyclic N) is 1. The van der Waals surface area contributed by atoms with Crippen LogP contribution in [-0.4, -0.2) is 63.5 Å². The summed E-state index contributed by atoms with van der Waals surface area (Å²) >= 11 is 0. The third-order valence-electron chi connectivity index (χ3n) is 3.15. The van der Waals surface area contributed by atoms with Gasteiger partial charge < -0.3 is 10.4 Å². The van der Waals surface area contributed by atoms with Crippen LogP contribution in [0.15, 0.2) is 0 Å². The molecule has 82 valence electrons. The Kier molecular flexibility index (Phi) is 3.21. The van der Waals surface area contributed by atoms with Crippen molar-refractivity contribution in [2.45, 2.75) is 25.1 Å². The predicted molar refractivity (Wildman–Crippen MR) is 56.7 cm³/mol. The lowest BCUT2D eigenvalue weighted by Gasteiger charge is -2.38. The maximum absolute atomic E-state index is 11.3. The van der Waals surface area contributed by atoms with E-state index in [4.69, 9.17) is 0 Å². The van der Waals surface area contributed by atoms with Gasteiger partial charge in [0.2, 0.25) is 0 Å². The zero-order chi connectivity index (χ0) is 10.1. The Hall–Kier alpha value is 0.0300. The zero-order valence-corrected chi connectivity index (χ0v) is 9.30. The van der Waals surface area contributed by atoms with Crippen LogP contribution in [0.5, 0.6) is 0 Å². The minimum atomic E-state index is -0.646. The average molecular weight is 218 g/mol. The second kappa shape index (κ2) is 4.26. The molecule has 2 N–H and O–H groups in total. The van der Waals surface area contributed by atoms with E-state index in [0.29, 0.717) is 12.6 Å². The van der Waals surface area contributed by atoms with E-state index in [1.807, 2.05) is 0 Å². The van der Waals surface area contributed by atoms with E-state index in [1.165, 1.54) is 0 Å². The summed E-state index contributed by atoms with van der Waals surface area (Å²) in [5, 5.41) is 12.9. The Morgan fingerprint density at radius 2 is 2.29 bits per heavy atom. The lowest BCUT2D eigenvalue weighted by molar-refractivity contribution is 0.0663. The van der Waals surface area contributed by atoms with Crippen molar-refractivity contribution < 1.29 is 9.32 Å². The molecule has 2 aliphatic heterocycles. The standard InChI is InChI=1S/C9H18N2O2S/c1-7-6-14(13)3-2-11(7)8-4-10-5-9(8)12/h7-10,12H,2-6H2,1H3/t7?,8-,9-,14?/m1/s1. The fourth-order valence-electron chi connectivity index (χ4n) is 2.36. The predicted octanol–water partition coefficient (Wildman–Crippen LogP) is -1.23. The molecule has 4 atom stereocenters. The van der Waals surface area contributed by atoms with Gasteiger partial charge in [-0.2, -0.15) is 0 Å². The van der Waals surface area contributed by atoms with Crippen LogP contribution < -0.4 is 5.32 Å². The maximum Gasteiger partial charge on any atom is 0.0831 e. The molecule has 5 heteroatoms. The van der Waals surface area contributed by atoms with Gasteiger partial charge in [0.05, 0.1) is 6.10 Å². The van der Waals surface area contributed by atoms with Gasteiger partial charge in [-0.15, -0.1) is 0 Å². The number of hydrogen-bond acceptors (Lipinski definition) is 4.